The van der Waals surface area contributed by atoms with E-state index in [1.165, 1.54) is 16.8 Å². The first-order valence-electron chi connectivity index (χ1n) is 7.33. The van der Waals surface area contributed by atoms with Crippen LogP contribution in [0.3, 0.4) is 0 Å². The van der Waals surface area contributed by atoms with Gasteiger partial charge in [-0.15, -0.1) is 0 Å². The maximum Gasteiger partial charge on any atom is 0.133 e. The summed E-state index contributed by atoms with van der Waals surface area (Å²) in [5.41, 5.74) is 5.64. The molecule has 0 unspecified atom stereocenters. The van der Waals surface area contributed by atoms with Gasteiger partial charge in [-0.2, -0.15) is 5.10 Å². The van der Waals surface area contributed by atoms with Crippen LogP contribution in [0.5, 0.6) is 0 Å². The van der Waals surface area contributed by atoms with Crippen molar-refractivity contribution in [2.45, 2.75) is 25.7 Å². The van der Waals surface area contributed by atoms with E-state index in [1.54, 1.807) is 0 Å². The second kappa shape index (κ2) is 5.13. The zero-order valence-corrected chi connectivity index (χ0v) is 11.7. The number of rotatable bonds is 3. The van der Waals surface area contributed by atoms with E-state index in [1.807, 2.05) is 18.3 Å². The molecule has 0 radical (unpaired) electrons. The summed E-state index contributed by atoms with van der Waals surface area (Å²) in [7, 11) is 0. The summed E-state index contributed by atoms with van der Waals surface area (Å²) < 4.78 is 0. The number of hydrogen-bond acceptors (Lipinski definition) is 3. The first-order valence-corrected chi connectivity index (χ1v) is 7.33. The molecule has 3 aromatic rings. The van der Waals surface area contributed by atoms with Crippen LogP contribution in [0.15, 0.2) is 42.6 Å². The maximum atomic E-state index is 4.79. The van der Waals surface area contributed by atoms with E-state index in [-0.39, 0.29) is 0 Å². The zero-order valence-electron chi connectivity index (χ0n) is 11.7. The number of hydrogen-bond donors (Lipinski definition) is 1. The lowest BCUT2D eigenvalue weighted by atomic mass is 10.1. The third-order valence-electron chi connectivity index (χ3n) is 3.93. The summed E-state index contributed by atoms with van der Waals surface area (Å²) in [4.78, 5) is 9.56. The SMILES string of the molecule is c1ccc(Cc2nc3c(c(-c4cc[nH]n4)n2)CCC3)cc1. The van der Waals surface area contributed by atoms with Crippen molar-refractivity contribution in [3.05, 3.63) is 65.2 Å². The molecule has 0 fully saturated rings. The van der Waals surface area contributed by atoms with Gasteiger partial charge in [0.1, 0.15) is 11.5 Å². The van der Waals surface area contributed by atoms with Crippen LogP contribution in [0, 0.1) is 0 Å². The van der Waals surface area contributed by atoms with Crippen molar-refractivity contribution in [1.29, 1.82) is 0 Å². The van der Waals surface area contributed by atoms with Crippen molar-refractivity contribution in [2.24, 2.45) is 0 Å². The molecule has 0 saturated heterocycles. The molecule has 0 aliphatic heterocycles. The average molecular weight is 276 g/mol. The smallest absolute Gasteiger partial charge is 0.133 e. The van der Waals surface area contributed by atoms with Gasteiger partial charge in [-0.3, -0.25) is 5.10 Å². The van der Waals surface area contributed by atoms with Crippen LogP contribution in [0.4, 0.5) is 0 Å². The Kier molecular flexibility index (Phi) is 2.99. The number of nitrogens with zero attached hydrogens (tertiary/aromatic N) is 3. The summed E-state index contributed by atoms with van der Waals surface area (Å²) in [6, 6.07) is 12.3. The molecular formula is C17H16N4. The van der Waals surface area contributed by atoms with Crippen molar-refractivity contribution in [3.63, 3.8) is 0 Å². The molecule has 0 bridgehead atoms. The van der Waals surface area contributed by atoms with Crippen LogP contribution in [-0.4, -0.2) is 20.2 Å². The summed E-state index contributed by atoms with van der Waals surface area (Å²) >= 11 is 0. The largest absolute Gasteiger partial charge is 0.285 e. The van der Waals surface area contributed by atoms with Crippen LogP contribution in [0.1, 0.15) is 29.1 Å². The molecule has 21 heavy (non-hydrogen) atoms. The fraction of sp³-hybridized carbons (Fsp3) is 0.235. The van der Waals surface area contributed by atoms with Gasteiger partial charge in [-0.25, -0.2) is 9.97 Å². The Morgan fingerprint density at radius 3 is 2.71 bits per heavy atom. The molecule has 4 nitrogen and oxygen atoms in total. The lowest BCUT2D eigenvalue weighted by Crippen LogP contribution is -2.04. The van der Waals surface area contributed by atoms with Crippen molar-refractivity contribution < 1.29 is 0 Å². The highest BCUT2D eigenvalue weighted by atomic mass is 15.1. The highest BCUT2D eigenvalue weighted by molar-refractivity contribution is 5.60. The molecule has 2 aromatic heterocycles. The molecule has 104 valence electrons. The number of aryl methyl sites for hydroxylation is 1. The third kappa shape index (κ3) is 2.33. The lowest BCUT2D eigenvalue weighted by Gasteiger charge is -2.08. The van der Waals surface area contributed by atoms with Gasteiger partial charge >= 0.3 is 0 Å². The number of benzene rings is 1. The summed E-state index contributed by atoms with van der Waals surface area (Å²) in [6.45, 7) is 0. The van der Waals surface area contributed by atoms with Crippen LogP contribution < -0.4 is 0 Å². The number of H-pyrrole nitrogens is 1. The number of fused-ring (bicyclic) bond motifs is 1. The van der Waals surface area contributed by atoms with Crippen molar-refractivity contribution in [3.8, 4) is 11.4 Å². The first-order chi connectivity index (χ1) is 10.4. The van der Waals surface area contributed by atoms with Crippen molar-refractivity contribution in [2.75, 3.05) is 0 Å². The molecule has 1 aromatic carbocycles. The second-order valence-electron chi connectivity index (χ2n) is 5.39. The molecule has 4 heteroatoms. The standard InChI is InChI=1S/C17H16N4/c1-2-5-12(6-3-1)11-16-19-14-8-4-7-13(14)17(20-16)15-9-10-18-21-15/h1-3,5-6,9-10H,4,7-8,11H2,(H,18,21). The molecule has 4 rings (SSSR count). The van der Waals surface area contributed by atoms with Crippen molar-refractivity contribution in [1.82, 2.24) is 20.2 Å². The minimum atomic E-state index is 0.769. The minimum Gasteiger partial charge on any atom is -0.285 e. The predicted molar refractivity (Wildman–Crippen MR) is 80.9 cm³/mol. The first kappa shape index (κ1) is 12.3. The van der Waals surface area contributed by atoms with Gasteiger partial charge in [0, 0.05) is 23.9 Å². The fourth-order valence-corrected chi connectivity index (χ4v) is 2.95. The third-order valence-corrected chi connectivity index (χ3v) is 3.93. The second-order valence-corrected chi connectivity index (χ2v) is 5.39. The van der Waals surface area contributed by atoms with Gasteiger partial charge in [-0.1, -0.05) is 30.3 Å². The zero-order chi connectivity index (χ0) is 14.1. The average Bonchev–Trinajstić information content (AvgIpc) is 3.19. The van der Waals surface area contributed by atoms with E-state index < -0.39 is 0 Å². The van der Waals surface area contributed by atoms with Crippen LogP contribution in [0.25, 0.3) is 11.4 Å². The van der Waals surface area contributed by atoms with Gasteiger partial charge in [-0.05, 0) is 30.9 Å². The lowest BCUT2D eigenvalue weighted by molar-refractivity contribution is 0.885. The molecule has 1 aliphatic carbocycles. The Morgan fingerprint density at radius 2 is 1.90 bits per heavy atom. The van der Waals surface area contributed by atoms with Gasteiger partial charge in [0.2, 0.25) is 0 Å². The number of nitrogens with one attached hydrogen (secondary N) is 1. The van der Waals surface area contributed by atoms with E-state index in [0.29, 0.717) is 0 Å². The van der Waals surface area contributed by atoms with Gasteiger partial charge in [0.15, 0.2) is 0 Å². The summed E-state index contributed by atoms with van der Waals surface area (Å²) in [6.07, 6.45) is 5.89. The Balaban J connectivity index is 1.77. The van der Waals surface area contributed by atoms with Crippen LogP contribution >= 0.6 is 0 Å². The highest BCUT2D eigenvalue weighted by Gasteiger charge is 2.21. The van der Waals surface area contributed by atoms with Crippen LogP contribution in [-0.2, 0) is 19.3 Å². The molecule has 1 N–H and O–H groups in total. The molecule has 0 spiro atoms. The number of aromatic nitrogens is 4. The molecule has 2 heterocycles. The quantitative estimate of drug-likeness (QED) is 0.800. The Hall–Kier alpha value is -2.49. The molecular weight excluding hydrogens is 260 g/mol. The van der Waals surface area contributed by atoms with E-state index in [2.05, 4.69) is 34.5 Å². The minimum absolute atomic E-state index is 0.769. The topological polar surface area (TPSA) is 54.5 Å². The monoisotopic (exact) mass is 276 g/mol. The number of aromatic amines is 1. The van der Waals surface area contributed by atoms with E-state index >= 15 is 0 Å². The van der Waals surface area contributed by atoms with Gasteiger partial charge < -0.3 is 0 Å². The van der Waals surface area contributed by atoms with Crippen LogP contribution in [0.2, 0.25) is 0 Å². The molecule has 1 aliphatic rings. The summed E-state index contributed by atoms with van der Waals surface area (Å²) in [5, 5.41) is 7.18. The van der Waals surface area contributed by atoms with E-state index in [4.69, 9.17) is 9.97 Å². The maximum absolute atomic E-state index is 4.79. The predicted octanol–water partition coefficient (Wildman–Crippen LogP) is 2.95. The summed E-state index contributed by atoms with van der Waals surface area (Å²) in [5.74, 6) is 0.889. The van der Waals surface area contributed by atoms with E-state index in [9.17, 15) is 0 Å². The van der Waals surface area contributed by atoms with Gasteiger partial charge in [0.25, 0.3) is 0 Å². The van der Waals surface area contributed by atoms with Crippen molar-refractivity contribution >= 4 is 0 Å². The Morgan fingerprint density at radius 1 is 1.00 bits per heavy atom. The molecule has 0 saturated carbocycles. The molecule has 0 amide bonds. The molecule has 0 atom stereocenters. The Bertz CT molecular complexity index is 748. The normalized spacial score (nSPS) is 13.3. The van der Waals surface area contributed by atoms with E-state index in [0.717, 1.165) is 42.9 Å². The fourth-order valence-electron chi connectivity index (χ4n) is 2.95. The van der Waals surface area contributed by atoms with Gasteiger partial charge in [0.05, 0.1) is 5.69 Å². The Labute approximate surface area is 123 Å². The highest BCUT2D eigenvalue weighted by Crippen LogP contribution is 2.29.